The molecule has 2 rings (SSSR count). The lowest BCUT2D eigenvalue weighted by molar-refractivity contribution is 0.120. The Hall–Kier alpha value is -0.0800. The van der Waals surface area contributed by atoms with Crippen LogP contribution in [-0.4, -0.2) is 23.8 Å². The zero-order chi connectivity index (χ0) is 9.26. The predicted molar refractivity (Wildman–Crippen MR) is 53.5 cm³/mol. The minimum absolute atomic E-state index is 0.388. The maximum atomic E-state index is 8.88. The van der Waals surface area contributed by atoms with E-state index in [1.54, 1.807) is 0 Å². The molecule has 0 aromatic rings. The number of hydrogen-bond donors (Lipinski definition) is 2. The first-order valence-electron chi connectivity index (χ1n) is 5.65. The Balaban J connectivity index is 1.64. The fraction of sp³-hybridized carbons (Fsp3) is 1.00. The molecule has 76 valence electrons. The Bertz CT molecular complexity index is 165. The van der Waals surface area contributed by atoms with Gasteiger partial charge in [-0.25, -0.2) is 0 Å². The molecule has 2 fully saturated rings. The Kier molecular flexibility index (Phi) is 2.89. The Morgan fingerprint density at radius 3 is 2.46 bits per heavy atom. The van der Waals surface area contributed by atoms with Gasteiger partial charge in [0.2, 0.25) is 0 Å². The van der Waals surface area contributed by atoms with Crippen LogP contribution < -0.4 is 5.32 Å². The maximum Gasteiger partial charge on any atom is 0.0460 e. The van der Waals surface area contributed by atoms with Crippen LogP contribution in [-0.2, 0) is 0 Å². The molecule has 0 saturated heterocycles. The first-order chi connectivity index (χ1) is 6.28. The van der Waals surface area contributed by atoms with Crippen molar-refractivity contribution in [3.8, 4) is 0 Å². The molecule has 0 bridgehead atoms. The summed E-state index contributed by atoms with van der Waals surface area (Å²) in [5.41, 5.74) is 0. The zero-order valence-corrected chi connectivity index (χ0v) is 8.50. The summed E-state index contributed by atoms with van der Waals surface area (Å²) in [6, 6.07) is 1.49. The first kappa shape index (κ1) is 9.47. The summed E-state index contributed by atoms with van der Waals surface area (Å²) < 4.78 is 0. The van der Waals surface area contributed by atoms with Crippen molar-refractivity contribution < 1.29 is 5.11 Å². The molecule has 2 saturated carbocycles. The van der Waals surface area contributed by atoms with E-state index in [4.69, 9.17) is 5.11 Å². The van der Waals surface area contributed by atoms with Crippen LogP contribution >= 0.6 is 0 Å². The molecule has 0 spiro atoms. The largest absolute Gasteiger partial charge is 0.396 e. The van der Waals surface area contributed by atoms with Crippen LogP contribution in [0.2, 0.25) is 0 Å². The highest BCUT2D eigenvalue weighted by Gasteiger charge is 2.31. The van der Waals surface area contributed by atoms with Crippen molar-refractivity contribution in [1.82, 2.24) is 5.32 Å². The molecule has 0 aliphatic heterocycles. The highest BCUT2D eigenvalue weighted by atomic mass is 16.3. The van der Waals surface area contributed by atoms with Crippen molar-refractivity contribution >= 4 is 0 Å². The zero-order valence-electron chi connectivity index (χ0n) is 8.50. The summed E-state index contributed by atoms with van der Waals surface area (Å²) in [6.45, 7) is 2.73. The Labute approximate surface area is 80.7 Å². The van der Waals surface area contributed by atoms with Crippen LogP contribution in [0.5, 0.6) is 0 Å². The number of aliphatic hydroxyl groups excluding tert-OH is 1. The number of aliphatic hydroxyl groups is 1. The molecule has 2 heteroatoms. The second-order valence-corrected chi connectivity index (χ2v) is 5.00. The summed E-state index contributed by atoms with van der Waals surface area (Å²) in [7, 11) is 0. The van der Waals surface area contributed by atoms with Gasteiger partial charge in [-0.2, -0.15) is 0 Å². The van der Waals surface area contributed by atoms with Crippen LogP contribution in [0.3, 0.4) is 0 Å². The van der Waals surface area contributed by atoms with Gasteiger partial charge >= 0.3 is 0 Å². The van der Waals surface area contributed by atoms with Crippen molar-refractivity contribution in [1.29, 1.82) is 0 Å². The van der Waals surface area contributed by atoms with E-state index in [2.05, 4.69) is 12.2 Å². The van der Waals surface area contributed by atoms with E-state index < -0.39 is 0 Å². The summed E-state index contributed by atoms with van der Waals surface area (Å²) in [5, 5.41) is 12.6. The lowest BCUT2D eigenvalue weighted by atomic mass is 9.80. The van der Waals surface area contributed by atoms with Crippen molar-refractivity contribution in [2.45, 2.75) is 51.1 Å². The number of nitrogens with one attached hydrogen (secondary N) is 1. The summed E-state index contributed by atoms with van der Waals surface area (Å²) in [6.07, 6.45) is 6.51. The van der Waals surface area contributed by atoms with Gasteiger partial charge in [-0.3, -0.25) is 0 Å². The van der Waals surface area contributed by atoms with E-state index >= 15 is 0 Å². The first-order valence-corrected chi connectivity index (χ1v) is 5.65. The molecular weight excluding hydrogens is 162 g/mol. The van der Waals surface area contributed by atoms with Crippen LogP contribution in [0.4, 0.5) is 0 Å². The third-order valence-electron chi connectivity index (χ3n) is 3.66. The molecule has 0 aromatic heterocycles. The molecule has 2 atom stereocenters. The highest BCUT2D eigenvalue weighted by Crippen LogP contribution is 2.30. The average Bonchev–Trinajstić information content (AvgIpc) is 2.43. The van der Waals surface area contributed by atoms with E-state index in [-0.39, 0.29) is 0 Å². The number of hydrogen-bond acceptors (Lipinski definition) is 2. The fourth-order valence-corrected chi connectivity index (χ4v) is 2.71. The number of rotatable bonds is 3. The van der Waals surface area contributed by atoms with Crippen LogP contribution in [0, 0.1) is 11.8 Å². The van der Waals surface area contributed by atoms with E-state index in [0.717, 1.165) is 12.0 Å². The van der Waals surface area contributed by atoms with E-state index in [1.165, 1.54) is 32.1 Å². The minimum atomic E-state index is 0.388. The van der Waals surface area contributed by atoms with Gasteiger partial charge in [-0.1, -0.05) is 6.92 Å². The van der Waals surface area contributed by atoms with E-state index in [1.807, 2.05) is 0 Å². The van der Waals surface area contributed by atoms with Gasteiger partial charge in [-0.05, 0) is 43.9 Å². The molecule has 2 aliphatic carbocycles. The van der Waals surface area contributed by atoms with Gasteiger partial charge in [0.25, 0.3) is 0 Å². The monoisotopic (exact) mass is 183 g/mol. The molecule has 0 radical (unpaired) electrons. The molecule has 2 N–H and O–H groups in total. The lowest BCUT2D eigenvalue weighted by Gasteiger charge is -2.36. The van der Waals surface area contributed by atoms with Crippen LogP contribution in [0.15, 0.2) is 0 Å². The smallest absolute Gasteiger partial charge is 0.0460 e. The maximum absolute atomic E-state index is 8.88. The average molecular weight is 183 g/mol. The lowest BCUT2D eigenvalue weighted by Crippen LogP contribution is -2.46. The van der Waals surface area contributed by atoms with Gasteiger partial charge in [0, 0.05) is 18.7 Å². The van der Waals surface area contributed by atoms with Gasteiger partial charge in [0.05, 0.1) is 0 Å². The van der Waals surface area contributed by atoms with Crippen molar-refractivity contribution in [2.75, 3.05) is 6.61 Å². The van der Waals surface area contributed by atoms with Gasteiger partial charge in [-0.15, -0.1) is 0 Å². The molecule has 0 aromatic carbocycles. The quantitative estimate of drug-likeness (QED) is 0.695. The fourth-order valence-electron chi connectivity index (χ4n) is 2.71. The van der Waals surface area contributed by atoms with Crippen molar-refractivity contribution in [3.05, 3.63) is 0 Å². The summed E-state index contributed by atoms with van der Waals surface area (Å²) in [4.78, 5) is 0. The molecule has 0 heterocycles. The third-order valence-corrected chi connectivity index (χ3v) is 3.66. The molecule has 2 unspecified atom stereocenters. The minimum Gasteiger partial charge on any atom is -0.396 e. The summed E-state index contributed by atoms with van der Waals surface area (Å²) >= 11 is 0. The molecule has 2 aliphatic rings. The predicted octanol–water partition coefficient (Wildman–Crippen LogP) is 1.54. The standard InChI is InChI=1S/C11H21NO/c1-8-2-3-10(4-8)12-11-5-9(6-11)7-13/h8-13H,2-7H2,1H3. The van der Waals surface area contributed by atoms with Crippen LogP contribution in [0.25, 0.3) is 0 Å². The molecule has 0 amide bonds. The second kappa shape index (κ2) is 3.97. The van der Waals surface area contributed by atoms with Gasteiger partial charge in [0.15, 0.2) is 0 Å². The third kappa shape index (κ3) is 2.23. The molecular formula is C11H21NO. The topological polar surface area (TPSA) is 32.3 Å². The van der Waals surface area contributed by atoms with Crippen molar-refractivity contribution in [2.24, 2.45) is 11.8 Å². The Morgan fingerprint density at radius 1 is 1.15 bits per heavy atom. The van der Waals surface area contributed by atoms with E-state index in [9.17, 15) is 0 Å². The van der Waals surface area contributed by atoms with Crippen molar-refractivity contribution in [3.63, 3.8) is 0 Å². The van der Waals surface area contributed by atoms with Gasteiger partial charge in [0.1, 0.15) is 0 Å². The Morgan fingerprint density at radius 2 is 1.92 bits per heavy atom. The van der Waals surface area contributed by atoms with Gasteiger partial charge < -0.3 is 10.4 Å². The van der Waals surface area contributed by atoms with E-state index in [0.29, 0.717) is 18.6 Å². The summed E-state index contributed by atoms with van der Waals surface area (Å²) in [5.74, 6) is 1.52. The second-order valence-electron chi connectivity index (χ2n) is 5.00. The SMILES string of the molecule is CC1CCC(NC2CC(CO)C2)C1. The molecule has 13 heavy (non-hydrogen) atoms. The highest BCUT2D eigenvalue weighted by molar-refractivity contribution is 4.89. The van der Waals surface area contributed by atoms with Crippen LogP contribution in [0.1, 0.15) is 39.0 Å². The molecule has 2 nitrogen and oxygen atoms in total. The normalized spacial score (nSPS) is 44.8.